The Morgan fingerprint density at radius 2 is 2.11 bits per heavy atom. The number of aliphatic carboxylic acids is 1. The Morgan fingerprint density at radius 1 is 1.36 bits per heavy atom. The van der Waals surface area contributed by atoms with E-state index in [-0.39, 0.29) is 35.4 Å². The minimum Gasteiger partial charge on any atom is -0.481 e. The first-order chi connectivity index (χ1) is 13.2. The van der Waals surface area contributed by atoms with Crippen molar-refractivity contribution in [2.75, 3.05) is 0 Å². The number of carboxylic acids is 1. The van der Waals surface area contributed by atoms with Gasteiger partial charge in [-0.15, -0.1) is 0 Å². The summed E-state index contributed by atoms with van der Waals surface area (Å²) in [4.78, 5) is 23.2. The Balaban J connectivity index is 1.73. The van der Waals surface area contributed by atoms with Gasteiger partial charge in [0.2, 0.25) is 0 Å². The first-order valence-electron chi connectivity index (χ1n) is 10.4. The number of fused-ring (bicyclic) bond motifs is 5. The summed E-state index contributed by atoms with van der Waals surface area (Å²) < 4.78 is 0. The van der Waals surface area contributed by atoms with Crippen LogP contribution in [0.1, 0.15) is 65.2 Å². The average Bonchev–Trinajstić information content (AvgIpc) is 2.92. The fraction of sp³-hybridized carbons (Fsp3) is 0.696. The largest absolute Gasteiger partial charge is 0.481 e. The van der Waals surface area contributed by atoms with Crippen molar-refractivity contribution < 1.29 is 19.8 Å². The van der Waals surface area contributed by atoms with Crippen LogP contribution in [0.3, 0.4) is 0 Å². The Hall–Kier alpha value is -1.93. The van der Waals surface area contributed by atoms with Crippen molar-refractivity contribution in [3.05, 3.63) is 23.3 Å². The van der Waals surface area contributed by atoms with E-state index in [2.05, 4.69) is 26.0 Å². The van der Waals surface area contributed by atoms with E-state index >= 15 is 0 Å². The molecule has 6 atom stereocenters. The Bertz CT molecular complexity index is 836. The summed E-state index contributed by atoms with van der Waals surface area (Å²) in [6.07, 6.45) is 8.56. The van der Waals surface area contributed by atoms with Crippen molar-refractivity contribution in [2.24, 2.45) is 28.6 Å². The van der Waals surface area contributed by atoms with Crippen molar-refractivity contribution in [3.8, 4) is 6.07 Å². The van der Waals surface area contributed by atoms with Crippen molar-refractivity contribution in [3.63, 3.8) is 0 Å². The molecule has 28 heavy (non-hydrogen) atoms. The molecule has 4 aliphatic carbocycles. The highest BCUT2D eigenvalue weighted by Gasteiger charge is 2.62. The summed E-state index contributed by atoms with van der Waals surface area (Å²) in [5.74, 6) is -0.546. The number of rotatable bonds is 3. The topological polar surface area (TPSA) is 98.4 Å². The maximum atomic E-state index is 12.1. The molecule has 0 aromatic rings. The maximum absolute atomic E-state index is 12.1. The lowest BCUT2D eigenvalue weighted by molar-refractivity contribution is -0.141. The Morgan fingerprint density at radius 3 is 2.79 bits per heavy atom. The number of carbonyl (C=O) groups excluding carboxylic acids is 1. The maximum Gasteiger partial charge on any atom is 0.303 e. The number of ketones is 1. The van der Waals surface area contributed by atoms with Crippen LogP contribution in [-0.4, -0.2) is 27.6 Å². The predicted octanol–water partition coefficient (Wildman–Crippen LogP) is 3.78. The van der Waals surface area contributed by atoms with E-state index in [0.29, 0.717) is 31.1 Å². The molecule has 0 aromatic heterocycles. The zero-order chi connectivity index (χ0) is 20.3. The summed E-state index contributed by atoms with van der Waals surface area (Å²) in [7, 11) is 0. The molecule has 0 heterocycles. The van der Waals surface area contributed by atoms with E-state index < -0.39 is 11.6 Å². The van der Waals surface area contributed by atoms with E-state index in [1.54, 1.807) is 6.08 Å². The van der Waals surface area contributed by atoms with Gasteiger partial charge in [-0.2, -0.15) is 5.26 Å². The lowest BCUT2D eigenvalue weighted by atomic mass is 9.48. The minimum atomic E-state index is -0.952. The predicted molar refractivity (Wildman–Crippen MR) is 103 cm³/mol. The summed E-state index contributed by atoms with van der Waals surface area (Å²) in [5, 5.41) is 30.3. The van der Waals surface area contributed by atoms with Crippen LogP contribution in [0.15, 0.2) is 23.3 Å². The minimum absolute atomic E-state index is 0.0106. The Kier molecular flexibility index (Phi) is 4.35. The molecule has 4 rings (SSSR count). The lowest BCUT2D eigenvalue weighted by Crippen LogP contribution is -2.52. The van der Waals surface area contributed by atoms with Gasteiger partial charge in [0.1, 0.15) is 0 Å². The molecule has 0 spiro atoms. The molecule has 5 nitrogen and oxygen atoms in total. The van der Waals surface area contributed by atoms with Gasteiger partial charge in [0.05, 0.1) is 17.6 Å². The molecule has 150 valence electrons. The number of allylic oxidation sites excluding steroid dienone is 4. The van der Waals surface area contributed by atoms with Gasteiger partial charge >= 0.3 is 5.97 Å². The Labute approximate surface area is 166 Å². The van der Waals surface area contributed by atoms with E-state index in [4.69, 9.17) is 5.11 Å². The van der Waals surface area contributed by atoms with Crippen LogP contribution in [0, 0.1) is 39.9 Å². The van der Waals surface area contributed by atoms with Crippen LogP contribution in [0.4, 0.5) is 0 Å². The van der Waals surface area contributed by atoms with Crippen LogP contribution < -0.4 is 0 Å². The van der Waals surface area contributed by atoms with E-state index in [1.807, 2.05) is 0 Å². The quantitative estimate of drug-likeness (QED) is 0.723. The summed E-state index contributed by atoms with van der Waals surface area (Å²) in [6.45, 7) is 4.26. The molecule has 0 aliphatic heterocycles. The molecule has 2 fully saturated rings. The number of carbonyl (C=O) groups is 2. The van der Waals surface area contributed by atoms with Crippen LogP contribution >= 0.6 is 0 Å². The SMILES string of the molecule is C[C@@]12C(=CC(=O)CC1C#N)CC[C@@H]1C2=CC[C@@]2(C)[C@H]1CC[C@@]2(O)CCC(=O)O. The molecule has 4 aliphatic rings. The molecule has 1 unspecified atom stereocenters. The van der Waals surface area contributed by atoms with Crippen molar-refractivity contribution in [1.29, 1.82) is 5.26 Å². The first kappa shape index (κ1) is 19.4. The molecule has 0 radical (unpaired) electrons. The lowest BCUT2D eigenvalue weighted by Gasteiger charge is -2.55. The summed E-state index contributed by atoms with van der Waals surface area (Å²) >= 11 is 0. The number of hydrogen-bond acceptors (Lipinski definition) is 4. The molecule has 5 heteroatoms. The highest BCUT2D eigenvalue weighted by Crippen LogP contribution is 2.66. The number of carboxylic acid groups (broad SMARTS) is 1. The number of aliphatic hydroxyl groups is 1. The van der Waals surface area contributed by atoms with Gasteiger partial charge in [-0.3, -0.25) is 9.59 Å². The van der Waals surface area contributed by atoms with Gasteiger partial charge in [-0.05, 0) is 56.4 Å². The normalized spacial score (nSPS) is 44.5. The van der Waals surface area contributed by atoms with Gasteiger partial charge < -0.3 is 10.2 Å². The van der Waals surface area contributed by atoms with Gasteiger partial charge in [-0.1, -0.05) is 31.1 Å². The smallest absolute Gasteiger partial charge is 0.303 e. The van der Waals surface area contributed by atoms with Gasteiger partial charge in [-0.25, -0.2) is 0 Å². The molecular formula is C23H29NO4. The van der Waals surface area contributed by atoms with Crippen LogP contribution in [0.5, 0.6) is 0 Å². The highest BCUT2D eigenvalue weighted by molar-refractivity contribution is 5.92. The van der Waals surface area contributed by atoms with E-state index in [0.717, 1.165) is 24.8 Å². The molecule has 0 aromatic carbocycles. The zero-order valence-electron chi connectivity index (χ0n) is 16.7. The second-order valence-electron chi connectivity index (χ2n) is 9.72. The van der Waals surface area contributed by atoms with Gasteiger partial charge in [0, 0.05) is 23.7 Å². The average molecular weight is 383 g/mol. The molecule has 0 bridgehead atoms. The second kappa shape index (κ2) is 6.29. The fourth-order valence-electron chi connectivity index (χ4n) is 6.93. The summed E-state index contributed by atoms with van der Waals surface area (Å²) in [6, 6.07) is 2.41. The third kappa shape index (κ3) is 2.47. The first-order valence-corrected chi connectivity index (χ1v) is 10.4. The summed E-state index contributed by atoms with van der Waals surface area (Å²) in [5.41, 5.74) is 0.719. The standard InChI is InChI=1S/C23H29NO4/c1-21-8-5-19-17(18(21)6-9-23(21,28)10-7-20(26)27)4-3-14-11-16(25)12-15(13-24)22(14,19)2/h5,11,15,17-18,28H,3-4,6-10,12H2,1-2H3,(H,26,27)/t15?,17-,18-,21-,22+,23+/m0/s1. The number of nitriles is 1. The molecule has 0 saturated heterocycles. The number of nitrogens with zero attached hydrogens (tertiary/aromatic N) is 1. The third-order valence-corrected chi connectivity index (χ3v) is 8.72. The molecule has 2 N–H and O–H groups in total. The zero-order valence-corrected chi connectivity index (χ0v) is 16.7. The van der Waals surface area contributed by atoms with Crippen LogP contribution in [0.25, 0.3) is 0 Å². The van der Waals surface area contributed by atoms with Crippen molar-refractivity contribution >= 4 is 11.8 Å². The van der Waals surface area contributed by atoms with E-state index in [9.17, 15) is 20.0 Å². The van der Waals surface area contributed by atoms with Crippen molar-refractivity contribution in [1.82, 2.24) is 0 Å². The molecule has 2 saturated carbocycles. The third-order valence-electron chi connectivity index (χ3n) is 8.72. The monoisotopic (exact) mass is 383 g/mol. The van der Waals surface area contributed by atoms with E-state index in [1.165, 1.54) is 5.57 Å². The fourth-order valence-corrected chi connectivity index (χ4v) is 6.93. The highest BCUT2D eigenvalue weighted by atomic mass is 16.4. The van der Waals surface area contributed by atoms with Crippen LogP contribution in [0.2, 0.25) is 0 Å². The second-order valence-corrected chi connectivity index (χ2v) is 9.72. The van der Waals surface area contributed by atoms with Crippen LogP contribution in [-0.2, 0) is 9.59 Å². The number of hydrogen-bond donors (Lipinski definition) is 2. The van der Waals surface area contributed by atoms with Gasteiger partial charge in [0.15, 0.2) is 5.78 Å². The molecule has 0 amide bonds. The van der Waals surface area contributed by atoms with Gasteiger partial charge in [0.25, 0.3) is 0 Å². The van der Waals surface area contributed by atoms with Crippen molar-refractivity contribution in [2.45, 2.75) is 70.8 Å². The molecular weight excluding hydrogens is 354 g/mol.